The summed E-state index contributed by atoms with van der Waals surface area (Å²) in [5.41, 5.74) is -0.0562. The average molecular weight is 311 g/mol. The van der Waals surface area contributed by atoms with E-state index in [2.05, 4.69) is 5.32 Å². The Kier molecular flexibility index (Phi) is 6.49. The summed E-state index contributed by atoms with van der Waals surface area (Å²) < 4.78 is 16.5. The third kappa shape index (κ3) is 4.03. The highest BCUT2D eigenvalue weighted by Gasteiger charge is 2.25. The third-order valence-electron chi connectivity index (χ3n) is 2.61. The fraction of sp³-hybridized carbons (Fsp3) is 0.467. The third-order valence-corrected chi connectivity index (χ3v) is 2.61. The van der Waals surface area contributed by atoms with Gasteiger partial charge in [0.1, 0.15) is 5.69 Å². The molecule has 0 unspecified atom stereocenters. The van der Waals surface area contributed by atoms with E-state index in [1.807, 2.05) is 0 Å². The van der Waals surface area contributed by atoms with Gasteiger partial charge < -0.3 is 24.6 Å². The lowest BCUT2D eigenvalue weighted by atomic mass is 10.1. The molecule has 1 aromatic rings. The molecule has 0 saturated carbocycles. The van der Waals surface area contributed by atoms with Crippen LogP contribution in [-0.2, 0) is 4.79 Å². The molecule has 0 aliphatic heterocycles. The number of hydrogen-bond donors (Lipinski definition) is 2. The summed E-state index contributed by atoms with van der Waals surface area (Å²) in [5, 5.41) is 11.9. The number of ether oxygens (including phenoxy) is 3. The molecule has 0 saturated heterocycles. The van der Waals surface area contributed by atoms with Crippen LogP contribution in [0.1, 0.15) is 38.1 Å². The quantitative estimate of drug-likeness (QED) is 0.766. The van der Waals surface area contributed by atoms with Gasteiger partial charge in [0, 0.05) is 13.0 Å². The summed E-state index contributed by atoms with van der Waals surface area (Å²) in [6, 6.07) is 1.32. The van der Waals surface area contributed by atoms with E-state index in [4.69, 9.17) is 14.2 Å². The highest BCUT2D eigenvalue weighted by molar-refractivity contribution is 6.03. The number of anilines is 1. The first-order valence-corrected chi connectivity index (χ1v) is 7.06. The number of nitrogens with one attached hydrogen (secondary N) is 1. The van der Waals surface area contributed by atoms with Crippen LogP contribution in [0.15, 0.2) is 6.07 Å². The predicted octanol–water partition coefficient (Wildman–Crippen LogP) is 2.54. The highest BCUT2D eigenvalue weighted by atomic mass is 16.5. The normalized spacial score (nSPS) is 10.0. The van der Waals surface area contributed by atoms with Crippen LogP contribution >= 0.6 is 0 Å². The van der Waals surface area contributed by atoms with Crippen molar-refractivity contribution in [3.8, 4) is 17.2 Å². The Morgan fingerprint density at radius 2 is 1.59 bits per heavy atom. The first kappa shape index (κ1) is 17.6. The number of carbonyl (C=O) groups is 2. The summed E-state index contributed by atoms with van der Waals surface area (Å²) in [6.07, 6.45) is 0. The van der Waals surface area contributed by atoms with Crippen LogP contribution in [0.4, 0.5) is 5.69 Å². The van der Waals surface area contributed by atoms with Gasteiger partial charge in [-0.3, -0.25) is 4.79 Å². The summed E-state index contributed by atoms with van der Waals surface area (Å²) in [7, 11) is 0. The lowest BCUT2D eigenvalue weighted by molar-refractivity contribution is -0.114. The fourth-order valence-corrected chi connectivity index (χ4v) is 1.91. The Balaban J connectivity index is 3.63. The number of rotatable bonds is 8. The minimum atomic E-state index is -1.20. The topological polar surface area (TPSA) is 94.1 Å². The first-order valence-electron chi connectivity index (χ1n) is 7.06. The van der Waals surface area contributed by atoms with Crippen LogP contribution in [-0.4, -0.2) is 36.8 Å². The van der Waals surface area contributed by atoms with Crippen LogP contribution in [0.3, 0.4) is 0 Å². The van der Waals surface area contributed by atoms with Crippen LogP contribution in [0.5, 0.6) is 17.2 Å². The molecule has 0 fully saturated rings. The number of benzene rings is 1. The van der Waals surface area contributed by atoms with Gasteiger partial charge in [0.2, 0.25) is 11.7 Å². The van der Waals surface area contributed by atoms with Gasteiger partial charge in [-0.1, -0.05) is 0 Å². The van der Waals surface area contributed by atoms with E-state index in [1.165, 1.54) is 13.0 Å². The minimum Gasteiger partial charge on any atom is -0.490 e. The first-order chi connectivity index (χ1) is 10.5. The highest BCUT2D eigenvalue weighted by Crippen LogP contribution is 2.45. The van der Waals surface area contributed by atoms with Gasteiger partial charge in [-0.25, -0.2) is 4.79 Å². The number of carboxylic acid groups (broad SMARTS) is 1. The SMILES string of the molecule is CCOc1cc(C(=O)O)c(NC(C)=O)c(OCC)c1OCC. The molecule has 7 nitrogen and oxygen atoms in total. The van der Waals surface area contributed by atoms with Gasteiger partial charge in [0.15, 0.2) is 11.5 Å². The van der Waals surface area contributed by atoms with Crippen molar-refractivity contribution in [2.45, 2.75) is 27.7 Å². The maximum absolute atomic E-state index is 11.5. The molecule has 1 rings (SSSR count). The van der Waals surface area contributed by atoms with Crippen LogP contribution in [0.25, 0.3) is 0 Å². The summed E-state index contributed by atoms with van der Waals surface area (Å²) in [4.78, 5) is 22.9. The molecule has 0 aliphatic carbocycles. The zero-order valence-electron chi connectivity index (χ0n) is 13.2. The zero-order valence-corrected chi connectivity index (χ0v) is 13.2. The van der Waals surface area contributed by atoms with Crippen LogP contribution in [0.2, 0.25) is 0 Å². The molecule has 0 heterocycles. The smallest absolute Gasteiger partial charge is 0.338 e. The summed E-state index contributed by atoms with van der Waals surface area (Å²) in [5.74, 6) is -0.911. The zero-order chi connectivity index (χ0) is 16.7. The van der Waals surface area contributed by atoms with E-state index in [0.29, 0.717) is 13.2 Å². The number of carboxylic acids is 1. The van der Waals surface area contributed by atoms with Gasteiger partial charge in [0.05, 0.1) is 25.4 Å². The standard InChI is InChI=1S/C15H21NO6/c1-5-20-11-8-10(15(18)19)12(16-9(4)17)14(22-7-3)13(11)21-6-2/h8H,5-7H2,1-4H3,(H,16,17)(H,18,19). The molecule has 0 spiro atoms. The van der Waals surface area contributed by atoms with Gasteiger partial charge >= 0.3 is 5.97 Å². The maximum Gasteiger partial charge on any atom is 0.338 e. The Labute approximate surface area is 129 Å². The number of amides is 1. The van der Waals surface area contributed by atoms with Crippen molar-refractivity contribution in [3.63, 3.8) is 0 Å². The second-order valence-electron chi connectivity index (χ2n) is 4.24. The van der Waals surface area contributed by atoms with E-state index in [1.54, 1.807) is 20.8 Å². The molecular formula is C15H21NO6. The van der Waals surface area contributed by atoms with Gasteiger partial charge in [-0.05, 0) is 20.8 Å². The summed E-state index contributed by atoms with van der Waals surface area (Å²) in [6.45, 7) is 7.56. The van der Waals surface area contributed by atoms with E-state index < -0.39 is 11.9 Å². The molecule has 0 bridgehead atoms. The fourth-order valence-electron chi connectivity index (χ4n) is 1.91. The van der Waals surface area contributed by atoms with Gasteiger partial charge in [-0.15, -0.1) is 0 Å². The molecule has 0 aromatic heterocycles. The Hall–Kier alpha value is -2.44. The van der Waals surface area contributed by atoms with Crippen molar-refractivity contribution in [1.29, 1.82) is 0 Å². The lowest BCUT2D eigenvalue weighted by Crippen LogP contribution is -2.14. The number of carbonyl (C=O) groups excluding carboxylic acids is 1. The lowest BCUT2D eigenvalue weighted by Gasteiger charge is -2.20. The van der Waals surface area contributed by atoms with E-state index in [-0.39, 0.29) is 35.1 Å². The van der Waals surface area contributed by atoms with E-state index in [0.717, 1.165) is 0 Å². The molecule has 0 radical (unpaired) electrons. The monoisotopic (exact) mass is 311 g/mol. The van der Waals surface area contributed by atoms with E-state index >= 15 is 0 Å². The van der Waals surface area contributed by atoms with Crippen LogP contribution < -0.4 is 19.5 Å². The van der Waals surface area contributed by atoms with Crippen molar-refractivity contribution in [2.24, 2.45) is 0 Å². The molecule has 1 amide bonds. The minimum absolute atomic E-state index is 0.0637. The van der Waals surface area contributed by atoms with Crippen molar-refractivity contribution < 1.29 is 28.9 Å². The predicted molar refractivity (Wildman–Crippen MR) is 81.2 cm³/mol. The maximum atomic E-state index is 11.5. The average Bonchev–Trinajstić information content (AvgIpc) is 2.44. The van der Waals surface area contributed by atoms with Crippen molar-refractivity contribution in [1.82, 2.24) is 0 Å². The van der Waals surface area contributed by atoms with Gasteiger partial charge in [-0.2, -0.15) is 0 Å². The van der Waals surface area contributed by atoms with Crippen molar-refractivity contribution >= 4 is 17.6 Å². The largest absolute Gasteiger partial charge is 0.490 e. The molecule has 0 aliphatic rings. The molecule has 122 valence electrons. The Morgan fingerprint density at radius 3 is 2.05 bits per heavy atom. The summed E-state index contributed by atoms with van der Waals surface area (Å²) >= 11 is 0. The van der Waals surface area contributed by atoms with Crippen molar-refractivity contribution in [2.75, 3.05) is 25.1 Å². The Bertz CT molecular complexity index is 555. The van der Waals surface area contributed by atoms with E-state index in [9.17, 15) is 14.7 Å². The van der Waals surface area contributed by atoms with Crippen molar-refractivity contribution in [3.05, 3.63) is 11.6 Å². The number of aromatic carboxylic acids is 1. The second kappa shape index (κ2) is 8.11. The van der Waals surface area contributed by atoms with Gasteiger partial charge in [0.25, 0.3) is 0 Å². The molecule has 22 heavy (non-hydrogen) atoms. The van der Waals surface area contributed by atoms with Crippen LogP contribution in [0, 0.1) is 0 Å². The molecular weight excluding hydrogens is 290 g/mol. The Morgan fingerprint density at radius 1 is 1.05 bits per heavy atom. The number of hydrogen-bond acceptors (Lipinski definition) is 5. The molecule has 0 atom stereocenters. The second-order valence-corrected chi connectivity index (χ2v) is 4.24. The molecule has 2 N–H and O–H groups in total. The molecule has 7 heteroatoms. The molecule has 1 aromatic carbocycles.